The van der Waals surface area contributed by atoms with Crippen LogP contribution >= 0.6 is 0 Å². The molecule has 4 heteroatoms. The van der Waals surface area contributed by atoms with Crippen LogP contribution in [-0.4, -0.2) is 37.0 Å². The third-order valence-corrected chi connectivity index (χ3v) is 3.05. The van der Waals surface area contributed by atoms with Crippen LogP contribution in [0.4, 0.5) is 0 Å². The summed E-state index contributed by atoms with van der Waals surface area (Å²) in [6.07, 6.45) is 5.41. The van der Waals surface area contributed by atoms with Crippen molar-refractivity contribution in [1.29, 1.82) is 0 Å². The van der Waals surface area contributed by atoms with Gasteiger partial charge in [0, 0.05) is 13.1 Å². The zero-order valence-corrected chi connectivity index (χ0v) is 9.78. The van der Waals surface area contributed by atoms with Gasteiger partial charge in [-0.05, 0) is 25.3 Å². The van der Waals surface area contributed by atoms with Crippen molar-refractivity contribution in [3.8, 4) is 0 Å². The number of hydrogen-bond donors (Lipinski definition) is 2. The lowest BCUT2D eigenvalue weighted by molar-refractivity contribution is 0.328. The Hall–Kier alpha value is -0.770. The largest absolute Gasteiger partial charge is 0.370 e. The van der Waals surface area contributed by atoms with Crippen molar-refractivity contribution in [3.05, 3.63) is 0 Å². The van der Waals surface area contributed by atoms with E-state index in [1.807, 2.05) is 0 Å². The number of nitrogens with zero attached hydrogens (tertiary/aromatic N) is 2. The molecule has 0 aliphatic carbocycles. The summed E-state index contributed by atoms with van der Waals surface area (Å²) in [7, 11) is 0. The lowest BCUT2D eigenvalue weighted by atomic mass is 10.0. The summed E-state index contributed by atoms with van der Waals surface area (Å²) in [6.45, 7) is 6.45. The van der Waals surface area contributed by atoms with E-state index < -0.39 is 0 Å². The molecule has 1 heterocycles. The molecule has 1 rings (SSSR count). The molecular formula is C11H24N4. The third kappa shape index (κ3) is 5.02. The van der Waals surface area contributed by atoms with E-state index in [0.717, 1.165) is 19.0 Å². The molecule has 1 aliphatic rings. The molecule has 1 fully saturated rings. The van der Waals surface area contributed by atoms with Gasteiger partial charge in [-0.3, -0.25) is 4.99 Å². The maximum Gasteiger partial charge on any atom is 0.185 e. The summed E-state index contributed by atoms with van der Waals surface area (Å²) in [6, 6.07) is 0. The Kier molecular flexibility index (Phi) is 5.47. The molecule has 15 heavy (non-hydrogen) atoms. The van der Waals surface area contributed by atoms with Crippen LogP contribution in [0.3, 0.4) is 0 Å². The van der Waals surface area contributed by atoms with Gasteiger partial charge >= 0.3 is 0 Å². The van der Waals surface area contributed by atoms with Crippen LogP contribution < -0.4 is 11.5 Å². The molecule has 0 aromatic rings. The standard InChI is InChI=1S/C11H24N4/c1-2-3-4-10-5-7-15(9-10)8-6-14-11(12)13/h10H,2-9H2,1H3,(H4,12,13,14). The second kappa shape index (κ2) is 6.67. The highest BCUT2D eigenvalue weighted by atomic mass is 15.2. The first-order valence-electron chi connectivity index (χ1n) is 6.00. The van der Waals surface area contributed by atoms with Crippen LogP contribution in [0.2, 0.25) is 0 Å². The van der Waals surface area contributed by atoms with Gasteiger partial charge in [0.15, 0.2) is 5.96 Å². The molecular weight excluding hydrogens is 188 g/mol. The van der Waals surface area contributed by atoms with Crippen molar-refractivity contribution in [2.24, 2.45) is 22.4 Å². The predicted octanol–water partition coefficient (Wildman–Crippen LogP) is 0.772. The van der Waals surface area contributed by atoms with Crippen molar-refractivity contribution >= 4 is 5.96 Å². The van der Waals surface area contributed by atoms with Gasteiger partial charge in [-0.15, -0.1) is 0 Å². The number of hydrogen-bond acceptors (Lipinski definition) is 2. The highest BCUT2D eigenvalue weighted by molar-refractivity contribution is 5.75. The summed E-state index contributed by atoms with van der Waals surface area (Å²) in [5.41, 5.74) is 10.6. The zero-order valence-electron chi connectivity index (χ0n) is 9.78. The Labute approximate surface area is 92.7 Å². The van der Waals surface area contributed by atoms with Crippen LogP contribution in [0.15, 0.2) is 4.99 Å². The number of guanidine groups is 1. The molecule has 0 aromatic heterocycles. The Bertz CT molecular complexity index is 199. The summed E-state index contributed by atoms with van der Waals surface area (Å²) >= 11 is 0. The van der Waals surface area contributed by atoms with Crippen LogP contribution in [0.5, 0.6) is 0 Å². The van der Waals surface area contributed by atoms with Gasteiger partial charge in [0.25, 0.3) is 0 Å². The van der Waals surface area contributed by atoms with E-state index in [1.54, 1.807) is 0 Å². The minimum absolute atomic E-state index is 0.205. The van der Waals surface area contributed by atoms with Crippen LogP contribution in [0.1, 0.15) is 32.6 Å². The molecule has 0 spiro atoms. The van der Waals surface area contributed by atoms with E-state index in [2.05, 4.69) is 16.8 Å². The van der Waals surface area contributed by atoms with E-state index in [0.29, 0.717) is 0 Å². The smallest absolute Gasteiger partial charge is 0.185 e. The molecule has 0 bridgehead atoms. The van der Waals surface area contributed by atoms with E-state index in [-0.39, 0.29) is 5.96 Å². The maximum atomic E-state index is 5.28. The van der Waals surface area contributed by atoms with Gasteiger partial charge in [-0.2, -0.15) is 0 Å². The van der Waals surface area contributed by atoms with Gasteiger partial charge < -0.3 is 16.4 Å². The van der Waals surface area contributed by atoms with Gasteiger partial charge in [-0.1, -0.05) is 19.8 Å². The summed E-state index contributed by atoms with van der Waals surface area (Å²) in [5.74, 6) is 1.11. The molecule has 0 saturated carbocycles. The highest BCUT2D eigenvalue weighted by Crippen LogP contribution is 2.21. The van der Waals surface area contributed by atoms with Gasteiger partial charge in [-0.25, -0.2) is 0 Å². The molecule has 4 N–H and O–H groups in total. The van der Waals surface area contributed by atoms with Gasteiger partial charge in [0.05, 0.1) is 6.54 Å². The number of nitrogens with two attached hydrogens (primary N) is 2. The summed E-state index contributed by atoms with van der Waals surface area (Å²) in [4.78, 5) is 6.47. The second-order valence-electron chi connectivity index (χ2n) is 4.40. The molecule has 0 aromatic carbocycles. The number of likely N-dealkylation sites (tertiary alicyclic amines) is 1. The maximum absolute atomic E-state index is 5.28. The fourth-order valence-corrected chi connectivity index (χ4v) is 2.16. The fourth-order valence-electron chi connectivity index (χ4n) is 2.16. The Morgan fingerprint density at radius 1 is 1.47 bits per heavy atom. The van der Waals surface area contributed by atoms with E-state index in [9.17, 15) is 0 Å². The van der Waals surface area contributed by atoms with E-state index in [1.165, 1.54) is 38.8 Å². The fraction of sp³-hybridized carbons (Fsp3) is 0.909. The lowest BCUT2D eigenvalue weighted by Crippen LogP contribution is -2.27. The first-order chi connectivity index (χ1) is 7.22. The topological polar surface area (TPSA) is 67.6 Å². The molecule has 1 saturated heterocycles. The zero-order chi connectivity index (χ0) is 11.1. The monoisotopic (exact) mass is 212 g/mol. The second-order valence-corrected chi connectivity index (χ2v) is 4.40. The summed E-state index contributed by atoms with van der Waals surface area (Å²) in [5, 5.41) is 0. The Balaban J connectivity index is 2.11. The van der Waals surface area contributed by atoms with Crippen molar-refractivity contribution in [1.82, 2.24) is 4.90 Å². The molecule has 0 radical (unpaired) electrons. The first kappa shape index (κ1) is 12.3. The van der Waals surface area contributed by atoms with Crippen LogP contribution in [0.25, 0.3) is 0 Å². The first-order valence-corrected chi connectivity index (χ1v) is 6.00. The molecule has 1 atom stereocenters. The molecule has 4 nitrogen and oxygen atoms in total. The lowest BCUT2D eigenvalue weighted by Gasteiger charge is -2.14. The number of aliphatic imine (C=N–C) groups is 1. The average Bonchev–Trinajstić information content (AvgIpc) is 2.62. The van der Waals surface area contributed by atoms with Crippen LogP contribution in [0, 0.1) is 5.92 Å². The minimum Gasteiger partial charge on any atom is -0.370 e. The third-order valence-electron chi connectivity index (χ3n) is 3.05. The highest BCUT2D eigenvalue weighted by Gasteiger charge is 2.20. The molecule has 88 valence electrons. The Morgan fingerprint density at radius 2 is 2.27 bits per heavy atom. The van der Waals surface area contributed by atoms with E-state index in [4.69, 9.17) is 11.5 Å². The van der Waals surface area contributed by atoms with Crippen LogP contribution in [-0.2, 0) is 0 Å². The van der Waals surface area contributed by atoms with Crippen molar-refractivity contribution in [2.75, 3.05) is 26.2 Å². The van der Waals surface area contributed by atoms with Gasteiger partial charge in [0.2, 0.25) is 0 Å². The minimum atomic E-state index is 0.205. The number of rotatable bonds is 6. The van der Waals surface area contributed by atoms with Crippen molar-refractivity contribution in [2.45, 2.75) is 32.6 Å². The normalized spacial score (nSPS) is 21.8. The Morgan fingerprint density at radius 3 is 2.93 bits per heavy atom. The molecule has 1 aliphatic heterocycles. The molecule has 0 amide bonds. The van der Waals surface area contributed by atoms with Crippen molar-refractivity contribution < 1.29 is 0 Å². The predicted molar refractivity (Wildman–Crippen MR) is 64.7 cm³/mol. The SMILES string of the molecule is CCCCC1CCN(CCN=C(N)N)C1. The van der Waals surface area contributed by atoms with Gasteiger partial charge in [0.1, 0.15) is 0 Å². The van der Waals surface area contributed by atoms with E-state index >= 15 is 0 Å². The quantitative estimate of drug-likeness (QED) is 0.505. The molecule has 1 unspecified atom stereocenters. The van der Waals surface area contributed by atoms with Crippen molar-refractivity contribution in [3.63, 3.8) is 0 Å². The summed E-state index contributed by atoms with van der Waals surface area (Å²) < 4.78 is 0. The number of unbranched alkanes of at least 4 members (excludes halogenated alkanes) is 1. The average molecular weight is 212 g/mol.